The third-order valence-electron chi connectivity index (χ3n) is 6.85. The van der Waals surface area contributed by atoms with Gasteiger partial charge in [-0.2, -0.15) is 26.3 Å². The normalized spacial score (nSPS) is 17.8. The molecule has 2 aromatic rings. The highest BCUT2D eigenvalue weighted by molar-refractivity contribution is 5.91. The van der Waals surface area contributed by atoms with E-state index in [1.54, 1.807) is 13.8 Å². The fourth-order valence-corrected chi connectivity index (χ4v) is 4.93. The summed E-state index contributed by atoms with van der Waals surface area (Å²) < 4.78 is 103. The van der Waals surface area contributed by atoms with Crippen LogP contribution in [-0.2, 0) is 21.8 Å². The van der Waals surface area contributed by atoms with Crippen LogP contribution in [0.3, 0.4) is 0 Å². The van der Waals surface area contributed by atoms with Crippen LogP contribution >= 0.6 is 0 Å². The number of anilines is 1. The summed E-state index contributed by atoms with van der Waals surface area (Å²) in [5, 5.41) is 0. The van der Waals surface area contributed by atoms with Crippen molar-refractivity contribution in [2.45, 2.75) is 57.7 Å². The molecule has 0 aromatic heterocycles. The number of carbonyl (C=O) groups is 2. The van der Waals surface area contributed by atoms with Gasteiger partial charge in [-0.15, -0.1) is 0 Å². The van der Waals surface area contributed by atoms with E-state index >= 15 is 0 Å². The summed E-state index contributed by atoms with van der Waals surface area (Å²) in [6.45, 7) is 4.65. The molecule has 41 heavy (non-hydrogen) atoms. The number of hydrogen-bond acceptors (Lipinski definition) is 6. The Hall–Kier alpha value is -3.84. The molecule has 14 heteroatoms. The van der Waals surface area contributed by atoms with E-state index < -0.39 is 59.4 Å². The summed E-state index contributed by atoms with van der Waals surface area (Å²) in [6, 6.07) is 1.20. The number of carbonyl (C=O) groups excluding carboxylic acids is 2. The summed E-state index contributed by atoms with van der Waals surface area (Å²) in [7, 11) is 3.77. The zero-order chi connectivity index (χ0) is 30.9. The van der Waals surface area contributed by atoms with Crippen molar-refractivity contribution in [2.75, 3.05) is 32.8 Å². The van der Waals surface area contributed by atoms with Crippen LogP contribution in [0.4, 0.5) is 41.6 Å². The minimum Gasteiger partial charge on any atom is -0.493 e. The molecule has 3 rings (SSSR count). The number of nitrogens with zero attached hydrogens (tertiary/aromatic N) is 2. The van der Waals surface area contributed by atoms with Crippen LogP contribution in [0.25, 0.3) is 0 Å². The lowest BCUT2D eigenvalue weighted by Gasteiger charge is -2.44. The largest absolute Gasteiger partial charge is 0.493 e. The monoisotopic (exact) mass is 592 g/mol. The molecule has 0 N–H and O–H groups in total. The molecule has 226 valence electrons. The first-order chi connectivity index (χ1) is 19.1. The Morgan fingerprint density at radius 3 is 1.95 bits per heavy atom. The Morgan fingerprint density at radius 1 is 0.951 bits per heavy atom. The van der Waals surface area contributed by atoms with E-state index in [9.17, 15) is 35.9 Å². The molecular weight excluding hydrogens is 562 g/mol. The van der Waals surface area contributed by atoms with Crippen molar-refractivity contribution in [3.8, 4) is 11.5 Å². The Bertz CT molecular complexity index is 1250. The van der Waals surface area contributed by atoms with E-state index in [1.807, 2.05) is 0 Å². The summed E-state index contributed by atoms with van der Waals surface area (Å²) in [6.07, 6.45) is -11.8. The topological polar surface area (TPSA) is 77.5 Å². The van der Waals surface area contributed by atoms with Gasteiger partial charge in [-0.25, -0.2) is 9.59 Å². The van der Waals surface area contributed by atoms with Gasteiger partial charge in [-0.3, -0.25) is 9.80 Å². The lowest BCUT2D eigenvalue weighted by atomic mass is 9.88. The van der Waals surface area contributed by atoms with Crippen molar-refractivity contribution in [1.82, 2.24) is 4.90 Å². The lowest BCUT2D eigenvalue weighted by molar-refractivity contribution is -0.143. The number of benzene rings is 2. The fourth-order valence-electron chi connectivity index (χ4n) is 4.93. The Labute approximate surface area is 232 Å². The predicted molar refractivity (Wildman–Crippen MR) is 135 cm³/mol. The molecule has 0 aliphatic carbocycles. The zero-order valence-electron chi connectivity index (χ0n) is 23.1. The Morgan fingerprint density at radius 2 is 1.49 bits per heavy atom. The van der Waals surface area contributed by atoms with Crippen molar-refractivity contribution in [2.24, 2.45) is 0 Å². The van der Waals surface area contributed by atoms with Crippen LogP contribution in [0.5, 0.6) is 11.5 Å². The van der Waals surface area contributed by atoms with Crippen molar-refractivity contribution < 1.29 is 54.9 Å². The number of alkyl halides is 6. The van der Waals surface area contributed by atoms with Crippen molar-refractivity contribution in [3.05, 3.63) is 52.6 Å². The van der Waals surface area contributed by atoms with Crippen LogP contribution in [-0.4, -0.2) is 51.1 Å². The molecule has 1 unspecified atom stereocenters. The highest BCUT2D eigenvalue weighted by atomic mass is 19.4. The van der Waals surface area contributed by atoms with Gasteiger partial charge in [0.1, 0.15) is 0 Å². The second-order valence-electron chi connectivity index (χ2n) is 9.33. The van der Waals surface area contributed by atoms with Crippen LogP contribution in [0.1, 0.15) is 61.5 Å². The number of halogens is 6. The third kappa shape index (κ3) is 6.41. The second-order valence-corrected chi connectivity index (χ2v) is 9.33. The van der Waals surface area contributed by atoms with Gasteiger partial charge in [-0.1, -0.05) is 0 Å². The number of hydrogen-bond donors (Lipinski definition) is 0. The summed E-state index contributed by atoms with van der Waals surface area (Å²) in [4.78, 5) is 28.5. The van der Waals surface area contributed by atoms with E-state index in [0.717, 1.165) is 12.0 Å². The predicted octanol–water partition coefficient (Wildman–Crippen LogP) is 7.37. The van der Waals surface area contributed by atoms with E-state index in [0.29, 0.717) is 17.7 Å². The molecule has 1 aliphatic heterocycles. The number of fused-ring (bicyclic) bond motifs is 1. The maximum absolute atomic E-state index is 13.6. The van der Waals surface area contributed by atoms with Gasteiger partial charge in [0.05, 0.1) is 56.8 Å². The van der Waals surface area contributed by atoms with Gasteiger partial charge in [0.15, 0.2) is 11.5 Å². The summed E-state index contributed by atoms with van der Waals surface area (Å²) in [5.74, 6) is 0.448. The maximum Gasteiger partial charge on any atom is 0.416 e. The summed E-state index contributed by atoms with van der Waals surface area (Å²) in [5.41, 5.74) is -2.88. The molecule has 1 aliphatic rings. The number of amides is 2. The molecular formula is C27H30F6N2O6. The van der Waals surface area contributed by atoms with Gasteiger partial charge in [0.2, 0.25) is 0 Å². The molecule has 2 aromatic carbocycles. The van der Waals surface area contributed by atoms with Gasteiger partial charge < -0.3 is 18.9 Å². The molecule has 0 saturated heterocycles. The Balaban J connectivity index is 2.27. The van der Waals surface area contributed by atoms with E-state index in [2.05, 4.69) is 0 Å². The summed E-state index contributed by atoms with van der Waals surface area (Å²) >= 11 is 0. The Kier molecular flexibility index (Phi) is 9.24. The molecule has 8 nitrogen and oxygen atoms in total. The molecule has 0 spiro atoms. The molecule has 2 amide bonds. The number of rotatable bonds is 6. The van der Waals surface area contributed by atoms with Gasteiger partial charge in [0.25, 0.3) is 0 Å². The molecule has 3 atom stereocenters. The van der Waals surface area contributed by atoms with Gasteiger partial charge >= 0.3 is 24.5 Å². The molecule has 0 fully saturated rings. The first-order valence-electron chi connectivity index (χ1n) is 12.5. The first kappa shape index (κ1) is 31.7. The smallest absolute Gasteiger partial charge is 0.416 e. The average Bonchev–Trinajstić information content (AvgIpc) is 2.90. The minimum atomic E-state index is -5.08. The van der Waals surface area contributed by atoms with Crippen molar-refractivity contribution in [3.63, 3.8) is 0 Å². The SMILES string of the molecule is CCOC(=O)N1c2cc(OC)c(OC)cc2[C@@H](N(C(=O)OC)C(C)c2cc(C(F)(F)F)cc(C(F)(F)F)c2)C[C@H]1C. The van der Waals surface area contributed by atoms with Crippen LogP contribution in [0.15, 0.2) is 30.3 Å². The molecule has 0 saturated carbocycles. The van der Waals surface area contributed by atoms with E-state index in [1.165, 1.54) is 38.2 Å². The third-order valence-corrected chi connectivity index (χ3v) is 6.85. The number of methoxy groups -OCH3 is 3. The maximum atomic E-state index is 13.6. The second kappa shape index (κ2) is 12.0. The standard InChI is InChI=1S/C27H30F6N2O6/c1-7-41-25(37)34-14(2)8-20(19-12-22(38-4)23(39-5)13-21(19)34)35(24(36)40-6)15(3)16-9-17(26(28,29)30)11-18(10-16)27(31,32)33/h9-15,20H,7-8H2,1-6H3/t14-,15?,20+/m1/s1. The molecule has 1 heterocycles. The van der Waals surface area contributed by atoms with Gasteiger partial charge in [0, 0.05) is 17.7 Å². The first-order valence-corrected chi connectivity index (χ1v) is 12.5. The van der Waals surface area contributed by atoms with E-state index in [4.69, 9.17) is 18.9 Å². The van der Waals surface area contributed by atoms with E-state index in [-0.39, 0.29) is 36.3 Å². The molecule has 0 bridgehead atoms. The highest BCUT2D eigenvalue weighted by Crippen LogP contribution is 2.48. The minimum absolute atomic E-state index is 0.0189. The van der Waals surface area contributed by atoms with Crippen LogP contribution < -0.4 is 14.4 Å². The zero-order valence-corrected chi connectivity index (χ0v) is 23.1. The van der Waals surface area contributed by atoms with Crippen molar-refractivity contribution >= 4 is 17.9 Å². The van der Waals surface area contributed by atoms with Crippen molar-refractivity contribution in [1.29, 1.82) is 0 Å². The van der Waals surface area contributed by atoms with Crippen LogP contribution in [0.2, 0.25) is 0 Å². The fraction of sp³-hybridized carbons (Fsp3) is 0.481. The highest BCUT2D eigenvalue weighted by Gasteiger charge is 2.43. The quantitative estimate of drug-likeness (QED) is 0.326. The average molecular weight is 593 g/mol. The molecule has 0 radical (unpaired) electrons. The lowest BCUT2D eigenvalue weighted by Crippen LogP contribution is -2.48. The van der Waals surface area contributed by atoms with Crippen LogP contribution in [0, 0.1) is 0 Å². The number of ether oxygens (including phenoxy) is 4. The van der Waals surface area contributed by atoms with Gasteiger partial charge in [-0.05, 0) is 57.0 Å².